The molecule has 0 atom stereocenters. The van der Waals surface area contributed by atoms with E-state index >= 15 is 0 Å². The number of aryl methyl sites for hydroxylation is 1. The molecule has 76 valence electrons. The summed E-state index contributed by atoms with van der Waals surface area (Å²) in [6, 6.07) is 4.12. The Labute approximate surface area is 85.6 Å². The fraction of sp³-hybridized carbons (Fsp3) is 0.333. The van der Waals surface area contributed by atoms with Crippen molar-refractivity contribution in [2.24, 2.45) is 0 Å². The molecule has 0 fully saturated rings. The highest BCUT2D eigenvalue weighted by Crippen LogP contribution is 2.28. The molecule has 0 heterocycles. The van der Waals surface area contributed by atoms with E-state index in [-0.39, 0.29) is 0 Å². The maximum Gasteiger partial charge on any atom is 0.126 e. The summed E-state index contributed by atoms with van der Waals surface area (Å²) >= 11 is 0. The van der Waals surface area contributed by atoms with E-state index < -0.39 is 0 Å². The first-order valence-electron chi connectivity index (χ1n) is 4.69. The van der Waals surface area contributed by atoms with Gasteiger partial charge < -0.3 is 10.1 Å². The van der Waals surface area contributed by atoms with Crippen LogP contribution in [0.15, 0.2) is 24.8 Å². The Morgan fingerprint density at radius 3 is 2.71 bits per heavy atom. The fourth-order valence-electron chi connectivity index (χ4n) is 1.51. The highest BCUT2D eigenvalue weighted by atomic mass is 16.5. The molecular weight excluding hydrogens is 174 g/mol. The van der Waals surface area contributed by atoms with Gasteiger partial charge >= 0.3 is 0 Å². The molecule has 14 heavy (non-hydrogen) atoms. The summed E-state index contributed by atoms with van der Waals surface area (Å²) in [5, 5.41) is 3.27. The Bertz CT molecular complexity index is 331. The van der Waals surface area contributed by atoms with Crippen LogP contribution >= 0.6 is 0 Å². The van der Waals surface area contributed by atoms with Gasteiger partial charge in [-0.3, -0.25) is 0 Å². The van der Waals surface area contributed by atoms with Crippen LogP contribution < -0.4 is 10.1 Å². The molecule has 1 aromatic rings. The molecule has 0 aliphatic rings. The molecule has 0 aliphatic heterocycles. The Kier molecular flexibility index (Phi) is 3.57. The SMILES string of the molecule is C=CCNc1ccc(C)c(OC)c1C. The second kappa shape index (κ2) is 4.70. The lowest BCUT2D eigenvalue weighted by atomic mass is 10.1. The van der Waals surface area contributed by atoms with E-state index in [0.29, 0.717) is 0 Å². The van der Waals surface area contributed by atoms with Gasteiger partial charge in [-0.2, -0.15) is 0 Å². The van der Waals surface area contributed by atoms with Crippen molar-refractivity contribution in [1.82, 2.24) is 0 Å². The number of rotatable bonds is 4. The topological polar surface area (TPSA) is 21.3 Å². The number of anilines is 1. The fourth-order valence-corrected chi connectivity index (χ4v) is 1.51. The van der Waals surface area contributed by atoms with Crippen LogP contribution in [0.3, 0.4) is 0 Å². The molecule has 0 unspecified atom stereocenters. The van der Waals surface area contributed by atoms with Crippen LogP contribution in [0.5, 0.6) is 5.75 Å². The first kappa shape index (κ1) is 10.6. The molecular formula is C12H17NO. The number of nitrogens with one attached hydrogen (secondary N) is 1. The Hall–Kier alpha value is -1.44. The van der Waals surface area contributed by atoms with Gasteiger partial charge in [0, 0.05) is 17.8 Å². The lowest BCUT2D eigenvalue weighted by Gasteiger charge is -2.13. The van der Waals surface area contributed by atoms with Crippen molar-refractivity contribution in [1.29, 1.82) is 0 Å². The minimum Gasteiger partial charge on any atom is -0.496 e. The second-order valence-corrected chi connectivity index (χ2v) is 3.26. The van der Waals surface area contributed by atoms with E-state index in [9.17, 15) is 0 Å². The average molecular weight is 191 g/mol. The van der Waals surface area contributed by atoms with Crippen molar-refractivity contribution in [2.75, 3.05) is 19.0 Å². The third-order valence-electron chi connectivity index (χ3n) is 2.24. The van der Waals surface area contributed by atoms with Gasteiger partial charge in [-0.05, 0) is 25.5 Å². The number of benzene rings is 1. The van der Waals surface area contributed by atoms with Crippen LogP contribution in [-0.2, 0) is 0 Å². The molecule has 1 rings (SSSR count). The number of ether oxygens (including phenoxy) is 1. The zero-order valence-corrected chi connectivity index (χ0v) is 9.05. The van der Waals surface area contributed by atoms with Gasteiger partial charge in [0.05, 0.1) is 7.11 Å². The molecule has 0 saturated carbocycles. The molecule has 1 N–H and O–H groups in total. The lowest BCUT2D eigenvalue weighted by molar-refractivity contribution is 0.409. The summed E-state index contributed by atoms with van der Waals surface area (Å²) < 4.78 is 5.33. The number of methoxy groups -OCH3 is 1. The van der Waals surface area contributed by atoms with Gasteiger partial charge in [-0.1, -0.05) is 12.1 Å². The van der Waals surface area contributed by atoms with Crippen molar-refractivity contribution in [3.05, 3.63) is 35.9 Å². The summed E-state index contributed by atoms with van der Waals surface area (Å²) in [6.07, 6.45) is 1.84. The maximum atomic E-state index is 5.33. The van der Waals surface area contributed by atoms with Gasteiger partial charge in [0.1, 0.15) is 5.75 Å². The summed E-state index contributed by atoms with van der Waals surface area (Å²) in [5.41, 5.74) is 3.41. The summed E-state index contributed by atoms with van der Waals surface area (Å²) in [7, 11) is 1.70. The van der Waals surface area contributed by atoms with E-state index in [1.165, 1.54) is 0 Å². The molecule has 0 saturated heterocycles. The van der Waals surface area contributed by atoms with Crippen LogP contribution in [0.4, 0.5) is 5.69 Å². The largest absolute Gasteiger partial charge is 0.496 e. The Morgan fingerprint density at radius 2 is 2.14 bits per heavy atom. The van der Waals surface area contributed by atoms with Crippen LogP contribution in [0.25, 0.3) is 0 Å². The molecule has 0 bridgehead atoms. The van der Waals surface area contributed by atoms with E-state index in [1.807, 2.05) is 13.0 Å². The summed E-state index contributed by atoms with van der Waals surface area (Å²) in [4.78, 5) is 0. The van der Waals surface area contributed by atoms with E-state index in [2.05, 4.69) is 31.0 Å². The number of hydrogen-bond acceptors (Lipinski definition) is 2. The van der Waals surface area contributed by atoms with Crippen LogP contribution in [-0.4, -0.2) is 13.7 Å². The van der Waals surface area contributed by atoms with Gasteiger partial charge in [-0.15, -0.1) is 6.58 Å². The zero-order valence-electron chi connectivity index (χ0n) is 9.05. The van der Waals surface area contributed by atoms with E-state index in [4.69, 9.17) is 4.74 Å². The van der Waals surface area contributed by atoms with Gasteiger partial charge in [0.2, 0.25) is 0 Å². The van der Waals surface area contributed by atoms with Gasteiger partial charge in [0.25, 0.3) is 0 Å². The summed E-state index contributed by atoms with van der Waals surface area (Å²) in [6.45, 7) is 8.54. The van der Waals surface area contributed by atoms with Crippen molar-refractivity contribution >= 4 is 5.69 Å². The molecule has 2 heteroatoms. The third-order valence-corrected chi connectivity index (χ3v) is 2.24. The van der Waals surface area contributed by atoms with Crippen LogP contribution in [0.1, 0.15) is 11.1 Å². The normalized spacial score (nSPS) is 9.64. The van der Waals surface area contributed by atoms with Gasteiger partial charge in [-0.25, -0.2) is 0 Å². The number of hydrogen-bond donors (Lipinski definition) is 1. The van der Waals surface area contributed by atoms with Crippen molar-refractivity contribution in [3.8, 4) is 5.75 Å². The minimum atomic E-state index is 0.771. The van der Waals surface area contributed by atoms with Gasteiger partial charge in [0.15, 0.2) is 0 Å². The molecule has 0 aliphatic carbocycles. The molecule has 0 radical (unpaired) electrons. The summed E-state index contributed by atoms with van der Waals surface area (Å²) in [5.74, 6) is 0.957. The molecule has 0 spiro atoms. The van der Waals surface area contributed by atoms with Crippen LogP contribution in [0, 0.1) is 13.8 Å². The Morgan fingerprint density at radius 1 is 1.43 bits per heavy atom. The first-order valence-corrected chi connectivity index (χ1v) is 4.69. The van der Waals surface area contributed by atoms with Crippen molar-refractivity contribution in [2.45, 2.75) is 13.8 Å². The first-order chi connectivity index (χ1) is 6.70. The third kappa shape index (κ3) is 2.08. The highest BCUT2D eigenvalue weighted by molar-refractivity contribution is 5.59. The molecule has 1 aromatic carbocycles. The second-order valence-electron chi connectivity index (χ2n) is 3.26. The maximum absolute atomic E-state index is 5.33. The average Bonchev–Trinajstić information content (AvgIpc) is 2.18. The predicted octanol–water partition coefficient (Wildman–Crippen LogP) is 2.91. The Balaban J connectivity index is 3.01. The van der Waals surface area contributed by atoms with E-state index in [0.717, 1.165) is 29.1 Å². The standard InChI is InChI=1S/C12H17NO/c1-5-8-13-11-7-6-9(2)12(14-4)10(11)3/h5-7,13H,1,8H2,2-4H3. The smallest absolute Gasteiger partial charge is 0.126 e. The monoisotopic (exact) mass is 191 g/mol. The molecule has 0 amide bonds. The predicted molar refractivity (Wildman–Crippen MR) is 61.2 cm³/mol. The minimum absolute atomic E-state index is 0.771. The lowest BCUT2D eigenvalue weighted by Crippen LogP contribution is -2.01. The molecule has 2 nitrogen and oxygen atoms in total. The van der Waals surface area contributed by atoms with Crippen LogP contribution in [0.2, 0.25) is 0 Å². The quantitative estimate of drug-likeness (QED) is 0.739. The zero-order chi connectivity index (χ0) is 10.6. The highest BCUT2D eigenvalue weighted by Gasteiger charge is 2.06. The molecule has 0 aromatic heterocycles. The van der Waals surface area contributed by atoms with Crippen molar-refractivity contribution in [3.63, 3.8) is 0 Å². The van der Waals surface area contributed by atoms with E-state index in [1.54, 1.807) is 7.11 Å². The van der Waals surface area contributed by atoms with Crippen molar-refractivity contribution < 1.29 is 4.74 Å².